The van der Waals surface area contributed by atoms with Gasteiger partial charge in [0.1, 0.15) is 11.9 Å². The molecule has 5 rings (SSSR count). The summed E-state index contributed by atoms with van der Waals surface area (Å²) in [5.41, 5.74) is 8.79. The normalized spacial score (nSPS) is 35.5. The predicted molar refractivity (Wildman–Crippen MR) is 142 cm³/mol. The summed E-state index contributed by atoms with van der Waals surface area (Å²) in [7, 11) is 2.93. The van der Waals surface area contributed by atoms with Gasteiger partial charge in [0.25, 0.3) is 0 Å². The molecule has 0 saturated heterocycles. The minimum Gasteiger partial charge on any atom is -0.507 e. The van der Waals surface area contributed by atoms with Crippen LogP contribution in [0.5, 0.6) is 5.75 Å². The zero-order chi connectivity index (χ0) is 30.1. The molecule has 1 aromatic rings. The van der Waals surface area contributed by atoms with Crippen molar-refractivity contribution in [2.75, 3.05) is 19.8 Å². The Kier molecular flexibility index (Phi) is 7.06. The second-order valence-electron chi connectivity index (χ2n) is 12.1. The number of hydrogen-bond acceptors (Lipinski definition) is 11. The Hall–Kier alpha value is -3.64. The lowest BCUT2D eigenvalue weighted by molar-refractivity contribution is -0.207. The van der Waals surface area contributed by atoms with Gasteiger partial charge >= 0.3 is 5.97 Å². The van der Waals surface area contributed by atoms with E-state index in [4.69, 9.17) is 16.2 Å². The number of rotatable bonds is 4. The topological polar surface area (TPSA) is 207 Å². The number of primary amides is 1. The van der Waals surface area contributed by atoms with Crippen LogP contribution in [-0.4, -0.2) is 82.0 Å². The van der Waals surface area contributed by atoms with E-state index in [0.29, 0.717) is 12.8 Å². The van der Waals surface area contributed by atoms with Gasteiger partial charge in [0.15, 0.2) is 34.7 Å². The number of aromatic hydroxyl groups is 1. The number of nitrogens with two attached hydrogens (primary N) is 2. The molecule has 4 aliphatic rings. The number of benzene rings is 1. The third-order valence-electron chi connectivity index (χ3n) is 9.66. The van der Waals surface area contributed by atoms with Crippen LogP contribution in [0.2, 0.25) is 0 Å². The number of Topliss-reactive ketones (excluding diaryl/α,β-unsaturated/α-hetero) is 4. The number of phenols is 1. The molecule has 12 heteroatoms. The molecule has 3 fully saturated rings. The second-order valence-corrected chi connectivity index (χ2v) is 12.1. The first-order chi connectivity index (χ1) is 19.2. The molecular formula is C29H35N3O9. The van der Waals surface area contributed by atoms with E-state index in [0.717, 1.165) is 19.3 Å². The fourth-order valence-electron chi connectivity index (χ4n) is 7.79. The maximum atomic E-state index is 14.2. The lowest BCUT2D eigenvalue weighted by Crippen LogP contribution is -2.78. The van der Waals surface area contributed by atoms with E-state index in [9.17, 15) is 39.0 Å². The van der Waals surface area contributed by atoms with Crippen LogP contribution in [0.25, 0.3) is 0 Å². The molecule has 41 heavy (non-hydrogen) atoms. The number of hydrogen-bond donors (Lipinski definition) is 4. The maximum Gasteiger partial charge on any atom is 0.309 e. The van der Waals surface area contributed by atoms with Crippen molar-refractivity contribution in [3.8, 4) is 5.75 Å². The molecule has 220 valence electrons. The lowest BCUT2D eigenvalue weighted by atomic mass is 9.49. The van der Waals surface area contributed by atoms with Crippen LogP contribution in [0.1, 0.15) is 60.9 Å². The molecular weight excluding hydrogens is 534 g/mol. The Morgan fingerprint density at radius 1 is 1.05 bits per heavy atom. The summed E-state index contributed by atoms with van der Waals surface area (Å²) >= 11 is 0. The number of anilines is 1. The molecule has 2 unspecified atom stereocenters. The Morgan fingerprint density at radius 3 is 2.27 bits per heavy atom. The zero-order valence-corrected chi connectivity index (χ0v) is 23.2. The molecule has 1 amide bonds. The van der Waals surface area contributed by atoms with Crippen molar-refractivity contribution in [1.82, 2.24) is 4.90 Å². The van der Waals surface area contributed by atoms with E-state index in [1.54, 1.807) is 6.92 Å². The number of amides is 1. The smallest absolute Gasteiger partial charge is 0.309 e. The van der Waals surface area contributed by atoms with Crippen LogP contribution < -0.4 is 11.5 Å². The molecule has 0 heterocycles. The van der Waals surface area contributed by atoms with Gasteiger partial charge in [-0.3, -0.25) is 33.7 Å². The van der Waals surface area contributed by atoms with E-state index < -0.39 is 94.0 Å². The number of ketones is 4. The number of nitrogen functional groups attached to an aromatic ring is 1. The van der Waals surface area contributed by atoms with Gasteiger partial charge in [-0.05, 0) is 50.6 Å². The summed E-state index contributed by atoms with van der Waals surface area (Å²) in [4.78, 5) is 82.8. The number of ether oxygens (including phenoxy) is 1. The summed E-state index contributed by atoms with van der Waals surface area (Å²) in [6.07, 6.45) is 2.21. The minimum absolute atomic E-state index is 0.163. The van der Waals surface area contributed by atoms with Gasteiger partial charge in [-0.1, -0.05) is 26.2 Å². The Bertz CT molecular complexity index is 1370. The van der Waals surface area contributed by atoms with Crippen LogP contribution >= 0.6 is 0 Å². The molecule has 4 aliphatic carbocycles. The van der Waals surface area contributed by atoms with Gasteiger partial charge in [0, 0.05) is 11.6 Å². The van der Waals surface area contributed by atoms with Crippen molar-refractivity contribution in [2.24, 2.45) is 35.3 Å². The zero-order valence-electron chi connectivity index (χ0n) is 23.2. The fraction of sp³-hybridized carbons (Fsp3) is 0.586. The molecule has 6 N–H and O–H groups in total. The number of aliphatic hydroxyl groups is 1. The number of nitrogens with zero attached hydrogens (tertiary/aromatic N) is 1. The van der Waals surface area contributed by atoms with Crippen LogP contribution in [0.4, 0.5) is 5.69 Å². The number of likely N-dealkylation sites (N-methyl/N-ethyl adjacent to an activating group) is 1. The average molecular weight is 570 g/mol. The lowest BCUT2D eigenvalue weighted by Gasteiger charge is -2.56. The van der Waals surface area contributed by atoms with Crippen LogP contribution in [0, 0.1) is 29.6 Å². The number of carbonyl (C=O) groups is 6. The van der Waals surface area contributed by atoms with Crippen molar-refractivity contribution in [3.05, 3.63) is 23.3 Å². The number of fused-ring (bicyclic) bond motifs is 3. The summed E-state index contributed by atoms with van der Waals surface area (Å²) in [6.45, 7) is 1.65. The molecule has 8 atom stereocenters. The number of esters is 1. The number of phenolic OH excluding ortho intramolecular Hbond substituents is 1. The summed E-state index contributed by atoms with van der Waals surface area (Å²) in [6, 6.07) is 1.19. The highest BCUT2D eigenvalue weighted by Gasteiger charge is 2.74. The summed E-state index contributed by atoms with van der Waals surface area (Å²) < 4.78 is 6.11. The summed E-state index contributed by atoms with van der Waals surface area (Å²) in [5.74, 6) is -14.8. The van der Waals surface area contributed by atoms with Crippen molar-refractivity contribution in [3.63, 3.8) is 0 Å². The predicted octanol–water partition coefficient (Wildman–Crippen LogP) is 0.112. The molecule has 0 radical (unpaired) electrons. The van der Waals surface area contributed by atoms with Crippen molar-refractivity contribution < 1.29 is 43.7 Å². The first-order valence-corrected chi connectivity index (χ1v) is 13.9. The van der Waals surface area contributed by atoms with E-state index >= 15 is 0 Å². The molecule has 0 bridgehead atoms. The largest absolute Gasteiger partial charge is 0.507 e. The van der Waals surface area contributed by atoms with E-state index in [-0.39, 0.29) is 16.8 Å². The van der Waals surface area contributed by atoms with E-state index in [1.165, 1.54) is 31.1 Å². The maximum absolute atomic E-state index is 14.2. The fourth-order valence-corrected chi connectivity index (χ4v) is 7.79. The van der Waals surface area contributed by atoms with Gasteiger partial charge in [0.05, 0.1) is 29.4 Å². The SMILES string of the molecule is C[C@H]1c2c(N)ccc(O)c2C(=O)C2C(=O)[C@]3(O)C(=O)C(C(N)=O)C(=O)[C@@H](N(C)C)[C@@H]3[C@@H](OC(=O)C3CCCCC3)[C@@H]21. The number of carbonyl (C=O) groups excluding carboxylic acids is 6. The van der Waals surface area contributed by atoms with E-state index in [1.807, 2.05) is 0 Å². The molecule has 0 aliphatic heterocycles. The second kappa shape index (κ2) is 10.0. The Morgan fingerprint density at radius 2 is 1.68 bits per heavy atom. The van der Waals surface area contributed by atoms with Gasteiger partial charge in [-0.15, -0.1) is 0 Å². The standard InChI is InChI=1S/C29H35N3O9/c1-11-15-13(30)9-10-14(33)17(15)22(34)18-16(11)24(41-28(39)12-7-5-4-6-8-12)20-21(32(2)3)23(35)19(27(31)38)26(37)29(20,40)25(18)36/h9-12,16,18-21,24,33,40H,4-8,30H2,1-3H3,(H2,31,38)/t11-,16+,18?,19?,20+,21-,24-,29-/m0/s1. The Balaban J connectivity index is 1.75. The first-order valence-electron chi connectivity index (χ1n) is 13.9. The highest BCUT2D eigenvalue weighted by Crippen LogP contribution is 2.56. The van der Waals surface area contributed by atoms with Crippen LogP contribution in [-0.2, 0) is 28.7 Å². The molecule has 0 aromatic heterocycles. The average Bonchev–Trinajstić information content (AvgIpc) is 2.91. The van der Waals surface area contributed by atoms with Gasteiger partial charge in [-0.2, -0.15) is 0 Å². The minimum atomic E-state index is -3.05. The quantitative estimate of drug-likeness (QED) is 0.166. The van der Waals surface area contributed by atoms with Gasteiger partial charge in [-0.25, -0.2) is 0 Å². The molecule has 0 spiro atoms. The van der Waals surface area contributed by atoms with Crippen LogP contribution in [0.3, 0.4) is 0 Å². The summed E-state index contributed by atoms with van der Waals surface area (Å²) in [5, 5.41) is 22.7. The van der Waals surface area contributed by atoms with Gasteiger partial charge in [0.2, 0.25) is 5.91 Å². The van der Waals surface area contributed by atoms with Crippen molar-refractivity contribution >= 4 is 40.7 Å². The van der Waals surface area contributed by atoms with Gasteiger partial charge < -0.3 is 26.4 Å². The van der Waals surface area contributed by atoms with Crippen molar-refractivity contribution in [2.45, 2.75) is 62.7 Å². The third-order valence-corrected chi connectivity index (χ3v) is 9.66. The monoisotopic (exact) mass is 569 g/mol. The molecule has 3 saturated carbocycles. The molecule has 12 nitrogen and oxygen atoms in total. The first kappa shape index (κ1) is 28.9. The molecule has 1 aromatic carbocycles. The van der Waals surface area contributed by atoms with Crippen molar-refractivity contribution in [1.29, 1.82) is 0 Å². The highest BCUT2D eigenvalue weighted by molar-refractivity contribution is 6.32. The third kappa shape index (κ3) is 4.02. The highest BCUT2D eigenvalue weighted by atomic mass is 16.5. The van der Waals surface area contributed by atoms with E-state index in [2.05, 4.69) is 0 Å². The van der Waals surface area contributed by atoms with Crippen LogP contribution in [0.15, 0.2) is 12.1 Å². The Labute approximate surface area is 236 Å².